The molecule has 2 nitrogen and oxygen atoms in total. The zero-order chi connectivity index (χ0) is 11.0. The maximum atomic E-state index is 12.8. The molecule has 0 radical (unpaired) electrons. The van der Waals surface area contributed by atoms with Crippen LogP contribution in [0.4, 0.5) is 8.78 Å². The van der Waals surface area contributed by atoms with Crippen LogP contribution in [0.2, 0.25) is 0 Å². The molecule has 0 bridgehead atoms. The summed E-state index contributed by atoms with van der Waals surface area (Å²) in [4.78, 5) is 4.08. The van der Waals surface area contributed by atoms with E-state index < -0.39 is 11.9 Å². The molecule has 1 atom stereocenters. The van der Waals surface area contributed by atoms with Crippen molar-refractivity contribution in [3.63, 3.8) is 0 Å². The first kappa shape index (κ1) is 10.4. The number of hydrogen-bond donors (Lipinski definition) is 0. The Bertz CT molecular complexity index is 479. The molecule has 0 saturated heterocycles. The highest BCUT2D eigenvalue weighted by Crippen LogP contribution is 2.28. The maximum absolute atomic E-state index is 12.8. The van der Waals surface area contributed by atoms with E-state index in [9.17, 15) is 8.78 Å². The highest BCUT2D eigenvalue weighted by molar-refractivity contribution is 6.20. The number of nitrogens with zero attached hydrogens (tertiary/aromatic N) is 2. The largest absolute Gasteiger partial charge is 0.320 e. The lowest BCUT2D eigenvalue weighted by Gasteiger charge is -2.08. The summed E-state index contributed by atoms with van der Waals surface area (Å²) in [5.74, 6) is 0.202. The molecule has 1 unspecified atom stereocenters. The van der Waals surface area contributed by atoms with Crippen LogP contribution in [0.1, 0.15) is 24.7 Å². The number of fused-ring (bicyclic) bond motifs is 1. The molecule has 0 spiro atoms. The van der Waals surface area contributed by atoms with E-state index in [2.05, 4.69) is 4.98 Å². The van der Waals surface area contributed by atoms with Crippen molar-refractivity contribution in [3.8, 4) is 0 Å². The lowest BCUT2D eigenvalue weighted by molar-refractivity contribution is 0.0714. The molecule has 0 amide bonds. The standard InChI is InChI=1S/C10H9ClF2N2/c1-6(11)9-14-7-4-2-3-5-8(7)15(9)10(12)13/h2-6,10H,1H3. The highest BCUT2D eigenvalue weighted by Gasteiger charge is 2.19. The Morgan fingerprint density at radius 3 is 2.60 bits per heavy atom. The van der Waals surface area contributed by atoms with Crippen molar-refractivity contribution in [2.45, 2.75) is 18.9 Å². The molecule has 80 valence electrons. The lowest BCUT2D eigenvalue weighted by atomic mass is 10.3. The second-order valence-corrected chi connectivity index (χ2v) is 3.88. The van der Waals surface area contributed by atoms with E-state index in [1.54, 1.807) is 31.2 Å². The van der Waals surface area contributed by atoms with Gasteiger partial charge in [0.25, 0.3) is 0 Å². The fraction of sp³-hybridized carbons (Fsp3) is 0.300. The molecule has 0 fully saturated rings. The molecule has 2 rings (SSSR count). The van der Waals surface area contributed by atoms with Gasteiger partial charge in [-0.2, -0.15) is 8.78 Å². The fourth-order valence-electron chi connectivity index (χ4n) is 1.55. The van der Waals surface area contributed by atoms with Crippen molar-refractivity contribution in [1.29, 1.82) is 0 Å². The normalized spacial score (nSPS) is 13.7. The summed E-state index contributed by atoms with van der Waals surface area (Å²) in [5, 5.41) is -0.536. The summed E-state index contributed by atoms with van der Waals surface area (Å²) in [5.41, 5.74) is 0.954. The van der Waals surface area contributed by atoms with Crippen molar-refractivity contribution in [3.05, 3.63) is 30.1 Å². The number of rotatable bonds is 2. The van der Waals surface area contributed by atoms with Crippen LogP contribution in [0.5, 0.6) is 0 Å². The summed E-state index contributed by atoms with van der Waals surface area (Å²) >= 11 is 5.81. The van der Waals surface area contributed by atoms with Crippen LogP contribution in [0.25, 0.3) is 11.0 Å². The topological polar surface area (TPSA) is 17.8 Å². The van der Waals surface area contributed by atoms with Crippen LogP contribution in [0, 0.1) is 0 Å². The molecule has 0 aliphatic rings. The number of aromatic nitrogens is 2. The Morgan fingerprint density at radius 1 is 1.33 bits per heavy atom. The number of hydrogen-bond acceptors (Lipinski definition) is 1. The van der Waals surface area contributed by atoms with Gasteiger partial charge in [-0.3, -0.25) is 4.57 Å². The Balaban J connectivity index is 2.75. The van der Waals surface area contributed by atoms with Crippen molar-refractivity contribution >= 4 is 22.6 Å². The molecule has 0 N–H and O–H groups in total. The Hall–Kier alpha value is -1.16. The van der Waals surface area contributed by atoms with Gasteiger partial charge in [0.15, 0.2) is 0 Å². The third-order valence-corrected chi connectivity index (χ3v) is 2.37. The van der Waals surface area contributed by atoms with Gasteiger partial charge in [-0.05, 0) is 19.1 Å². The molecule has 1 aromatic carbocycles. The van der Waals surface area contributed by atoms with Crippen LogP contribution < -0.4 is 0 Å². The molecule has 5 heteroatoms. The molecule has 0 aliphatic heterocycles. The van der Waals surface area contributed by atoms with Crippen LogP contribution >= 0.6 is 11.6 Å². The van der Waals surface area contributed by atoms with Crippen molar-refractivity contribution < 1.29 is 8.78 Å². The van der Waals surface area contributed by atoms with E-state index in [1.165, 1.54) is 0 Å². The minimum atomic E-state index is -2.62. The van der Waals surface area contributed by atoms with Crippen molar-refractivity contribution in [2.24, 2.45) is 0 Å². The molecular formula is C10H9ClF2N2. The zero-order valence-corrected chi connectivity index (χ0v) is 8.75. The monoisotopic (exact) mass is 230 g/mol. The molecule has 0 saturated carbocycles. The van der Waals surface area contributed by atoms with Gasteiger partial charge in [0.1, 0.15) is 5.82 Å². The minimum absolute atomic E-state index is 0.202. The van der Waals surface area contributed by atoms with Crippen LogP contribution in [-0.2, 0) is 0 Å². The van der Waals surface area contributed by atoms with Gasteiger partial charge < -0.3 is 0 Å². The predicted octanol–water partition coefficient (Wildman–Crippen LogP) is 3.73. The second kappa shape index (κ2) is 3.77. The van der Waals surface area contributed by atoms with Crippen molar-refractivity contribution in [1.82, 2.24) is 9.55 Å². The highest BCUT2D eigenvalue weighted by atomic mass is 35.5. The first-order valence-corrected chi connectivity index (χ1v) is 4.94. The Kier molecular flexibility index (Phi) is 2.61. The van der Waals surface area contributed by atoms with E-state index in [0.717, 1.165) is 4.57 Å². The SMILES string of the molecule is CC(Cl)c1nc2ccccc2n1C(F)F. The molecular weight excluding hydrogens is 222 g/mol. The van der Waals surface area contributed by atoms with Crippen LogP contribution in [0.3, 0.4) is 0 Å². The lowest BCUT2D eigenvalue weighted by Crippen LogP contribution is -2.04. The van der Waals surface area contributed by atoms with Crippen LogP contribution in [-0.4, -0.2) is 9.55 Å². The molecule has 2 aromatic rings. The average molecular weight is 231 g/mol. The smallest absolute Gasteiger partial charge is 0.269 e. The van der Waals surface area contributed by atoms with Gasteiger partial charge in [0.05, 0.1) is 16.4 Å². The average Bonchev–Trinajstić information content (AvgIpc) is 2.56. The van der Waals surface area contributed by atoms with E-state index in [4.69, 9.17) is 11.6 Å². The van der Waals surface area contributed by atoms with Gasteiger partial charge in [-0.25, -0.2) is 4.98 Å². The summed E-state index contributed by atoms with van der Waals surface area (Å²) < 4.78 is 26.5. The number of imidazole rings is 1. The summed E-state index contributed by atoms with van der Waals surface area (Å²) in [6, 6.07) is 6.76. The molecule has 1 aromatic heterocycles. The van der Waals surface area contributed by atoms with Gasteiger partial charge in [0.2, 0.25) is 0 Å². The van der Waals surface area contributed by atoms with Gasteiger partial charge in [-0.15, -0.1) is 11.6 Å². The first-order valence-electron chi connectivity index (χ1n) is 4.50. The minimum Gasteiger partial charge on any atom is -0.269 e. The van der Waals surface area contributed by atoms with Gasteiger partial charge >= 0.3 is 6.55 Å². The zero-order valence-electron chi connectivity index (χ0n) is 7.99. The van der Waals surface area contributed by atoms with Gasteiger partial charge in [-0.1, -0.05) is 12.1 Å². The first-order chi connectivity index (χ1) is 7.11. The second-order valence-electron chi connectivity index (χ2n) is 3.22. The third-order valence-electron chi connectivity index (χ3n) is 2.17. The molecule has 0 aliphatic carbocycles. The van der Waals surface area contributed by atoms with E-state index >= 15 is 0 Å². The maximum Gasteiger partial charge on any atom is 0.320 e. The fourth-order valence-corrected chi connectivity index (χ4v) is 1.70. The molecule has 15 heavy (non-hydrogen) atoms. The molecule has 1 heterocycles. The Labute approximate surface area is 90.5 Å². The number of benzene rings is 1. The number of alkyl halides is 3. The number of halogens is 3. The van der Waals surface area contributed by atoms with E-state index in [0.29, 0.717) is 11.0 Å². The van der Waals surface area contributed by atoms with Crippen molar-refractivity contribution in [2.75, 3.05) is 0 Å². The van der Waals surface area contributed by atoms with Gasteiger partial charge in [0, 0.05) is 0 Å². The summed E-state index contributed by atoms with van der Waals surface area (Å²) in [7, 11) is 0. The summed E-state index contributed by atoms with van der Waals surface area (Å²) in [6.07, 6.45) is 0. The van der Waals surface area contributed by atoms with E-state index in [1.807, 2.05) is 0 Å². The van der Waals surface area contributed by atoms with Crippen LogP contribution in [0.15, 0.2) is 24.3 Å². The third kappa shape index (κ3) is 1.69. The quantitative estimate of drug-likeness (QED) is 0.719. The van der Waals surface area contributed by atoms with E-state index in [-0.39, 0.29) is 5.82 Å². The number of para-hydroxylation sites is 2. The summed E-state index contributed by atoms with van der Waals surface area (Å²) in [6.45, 7) is -0.990. The Morgan fingerprint density at radius 2 is 2.00 bits per heavy atom. The predicted molar refractivity (Wildman–Crippen MR) is 55.3 cm³/mol.